The molecule has 0 aromatic heterocycles. The molecule has 2 atom stereocenters. The van der Waals surface area contributed by atoms with E-state index in [0.29, 0.717) is 29.0 Å². The van der Waals surface area contributed by atoms with Gasteiger partial charge in [-0.2, -0.15) is 0 Å². The zero-order chi connectivity index (χ0) is 19.8. The predicted molar refractivity (Wildman–Crippen MR) is 102 cm³/mol. The summed E-state index contributed by atoms with van der Waals surface area (Å²) < 4.78 is 30.3. The molecular formula is C20H22O6S. The molecule has 2 unspecified atom stereocenters. The third-order valence-corrected chi connectivity index (χ3v) is 4.42. The van der Waals surface area contributed by atoms with Crippen LogP contribution < -0.4 is 4.74 Å². The summed E-state index contributed by atoms with van der Waals surface area (Å²) in [4.78, 5) is 25.4. The van der Waals surface area contributed by atoms with Crippen molar-refractivity contribution in [3.63, 3.8) is 0 Å². The van der Waals surface area contributed by atoms with E-state index in [1.165, 1.54) is 0 Å². The van der Waals surface area contributed by atoms with Gasteiger partial charge >= 0.3 is 5.97 Å². The van der Waals surface area contributed by atoms with Gasteiger partial charge in [-0.15, -0.1) is 0 Å². The second-order valence-corrected chi connectivity index (χ2v) is 6.65. The molecule has 2 aromatic rings. The first-order chi connectivity index (χ1) is 13.0. The first-order valence-electron chi connectivity index (χ1n) is 8.56. The number of benzene rings is 2. The average molecular weight is 390 g/mol. The van der Waals surface area contributed by atoms with Crippen molar-refractivity contribution in [2.75, 3.05) is 13.2 Å². The molecular weight excluding hydrogens is 368 g/mol. The fourth-order valence-corrected chi connectivity index (χ4v) is 3.10. The van der Waals surface area contributed by atoms with Gasteiger partial charge in [0.2, 0.25) is 0 Å². The Morgan fingerprint density at radius 2 is 1.63 bits per heavy atom. The SMILES string of the molecule is CCOC(=O)C(C(=O)c1ccc(CS(=O)O)cc1)c1ccc(OCC)cc1. The molecule has 0 fully saturated rings. The fourth-order valence-electron chi connectivity index (χ4n) is 2.62. The van der Waals surface area contributed by atoms with Gasteiger partial charge in [0.25, 0.3) is 0 Å². The van der Waals surface area contributed by atoms with Gasteiger partial charge in [0, 0.05) is 5.56 Å². The molecule has 0 spiro atoms. The lowest BCUT2D eigenvalue weighted by molar-refractivity contribution is -0.143. The van der Waals surface area contributed by atoms with Gasteiger partial charge in [0.1, 0.15) is 11.7 Å². The highest BCUT2D eigenvalue weighted by atomic mass is 32.2. The summed E-state index contributed by atoms with van der Waals surface area (Å²) >= 11 is -1.96. The standard InChI is InChI=1S/C20H22O6S/c1-3-25-17-11-9-15(10-12-17)18(20(22)26-4-2)19(21)16-7-5-14(6-8-16)13-27(23)24/h5-12,18H,3-4,13H2,1-2H3,(H,23,24). The Hall–Kier alpha value is -2.51. The van der Waals surface area contributed by atoms with Crippen LogP contribution in [-0.4, -0.2) is 33.7 Å². The molecule has 0 radical (unpaired) electrons. The molecule has 0 saturated heterocycles. The highest BCUT2D eigenvalue weighted by Gasteiger charge is 2.30. The van der Waals surface area contributed by atoms with Crippen LogP contribution in [0.5, 0.6) is 5.75 Å². The zero-order valence-electron chi connectivity index (χ0n) is 15.2. The Morgan fingerprint density at radius 1 is 1.00 bits per heavy atom. The quantitative estimate of drug-likeness (QED) is 0.306. The number of esters is 1. The lowest BCUT2D eigenvalue weighted by Gasteiger charge is -2.16. The predicted octanol–water partition coefficient (Wildman–Crippen LogP) is 3.34. The Morgan fingerprint density at radius 3 is 2.15 bits per heavy atom. The molecule has 7 heteroatoms. The van der Waals surface area contributed by atoms with E-state index in [0.717, 1.165) is 0 Å². The summed E-state index contributed by atoms with van der Waals surface area (Å²) in [5, 5.41) is 0. The minimum atomic E-state index is -1.96. The monoisotopic (exact) mass is 390 g/mol. The number of hydrogen-bond acceptors (Lipinski definition) is 5. The second-order valence-electron chi connectivity index (χ2n) is 5.71. The normalized spacial score (nSPS) is 12.9. The van der Waals surface area contributed by atoms with Crippen LogP contribution in [0.3, 0.4) is 0 Å². The molecule has 27 heavy (non-hydrogen) atoms. The van der Waals surface area contributed by atoms with Crippen molar-refractivity contribution in [1.29, 1.82) is 0 Å². The van der Waals surface area contributed by atoms with Crippen LogP contribution in [0.25, 0.3) is 0 Å². The topological polar surface area (TPSA) is 89.9 Å². The van der Waals surface area contributed by atoms with E-state index in [1.54, 1.807) is 55.5 Å². The lowest BCUT2D eigenvalue weighted by atomic mass is 9.90. The molecule has 144 valence electrons. The highest BCUT2D eigenvalue weighted by molar-refractivity contribution is 7.78. The molecule has 2 rings (SSSR count). The van der Waals surface area contributed by atoms with Crippen LogP contribution >= 0.6 is 0 Å². The van der Waals surface area contributed by atoms with E-state index in [2.05, 4.69) is 0 Å². The van der Waals surface area contributed by atoms with Gasteiger partial charge in [-0.25, -0.2) is 4.21 Å². The minimum absolute atomic E-state index is 0.0192. The Bertz CT molecular complexity index is 798. The van der Waals surface area contributed by atoms with Gasteiger partial charge in [0.15, 0.2) is 16.9 Å². The molecule has 0 aliphatic rings. The number of carbonyl (C=O) groups is 2. The van der Waals surface area contributed by atoms with Crippen molar-refractivity contribution >= 4 is 22.8 Å². The van der Waals surface area contributed by atoms with Gasteiger partial charge in [-0.05, 0) is 37.1 Å². The van der Waals surface area contributed by atoms with E-state index in [4.69, 9.17) is 14.0 Å². The van der Waals surface area contributed by atoms with Crippen molar-refractivity contribution in [2.24, 2.45) is 0 Å². The molecule has 2 aromatic carbocycles. The first-order valence-corrected chi connectivity index (χ1v) is 9.83. The lowest BCUT2D eigenvalue weighted by Crippen LogP contribution is -2.24. The van der Waals surface area contributed by atoms with Crippen LogP contribution in [0.1, 0.15) is 41.3 Å². The van der Waals surface area contributed by atoms with Crippen LogP contribution in [0.2, 0.25) is 0 Å². The third kappa shape index (κ3) is 5.74. The fraction of sp³-hybridized carbons (Fsp3) is 0.300. The summed E-state index contributed by atoms with van der Waals surface area (Å²) in [7, 11) is 0. The highest BCUT2D eigenvalue weighted by Crippen LogP contribution is 2.25. The summed E-state index contributed by atoms with van der Waals surface area (Å²) in [5.74, 6) is -1.47. The van der Waals surface area contributed by atoms with Crippen molar-refractivity contribution in [2.45, 2.75) is 25.5 Å². The molecule has 0 heterocycles. The van der Waals surface area contributed by atoms with Crippen LogP contribution in [0.15, 0.2) is 48.5 Å². The molecule has 6 nitrogen and oxygen atoms in total. The molecule has 0 saturated carbocycles. The summed E-state index contributed by atoms with van der Waals surface area (Å²) in [6.45, 7) is 4.24. The zero-order valence-corrected chi connectivity index (χ0v) is 16.0. The Balaban J connectivity index is 2.31. The molecule has 1 N–H and O–H groups in total. The van der Waals surface area contributed by atoms with Crippen LogP contribution in [-0.2, 0) is 26.4 Å². The maximum atomic E-state index is 13.0. The smallest absolute Gasteiger partial charge is 0.321 e. The molecule has 0 bridgehead atoms. The molecule has 0 aliphatic carbocycles. The van der Waals surface area contributed by atoms with Crippen LogP contribution in [0, 0.1) is 0 Å². The molecule has 0 amide bonds. The van der Waals surface area contributed by atoms with Crippen molar-refractivity contribution in [3.8, 4) is 5.75 Å². The van der Waals surface area contributed by atoms with Gasteiger partial charge in [-0.1, -0.05) is 36.4 Å². The summed E-state index contributed by atoms with van der Waals surface area (Å²) in [6, 6.07) is 13.1. The number of rotatable bonds is 9. The van der Waals surface area contributed by atoms with Crippen molar-refractivity contribution in [3.05, 3.63) is 65.2 Å². The van der Waals surface area contributed by atoms with E-state index < -0.39 is 28.8 Å². The van der Waals surface area contributed by atoms with E-state index in [-0.39, 0.29) is 12.4 Å². The minimum Gasteiger partial charge on any atom is -0.494 e. The van der Waals surface area contributed by atoms with E-state index >= 15 is 0 Å². The van der Waals surface area contributed by atoms with Crippen LogP contribution in [0.4, 0.5) is 0 Å². The summed E-state index contributed by atoms with van der Waals surface area (Å²) in [5.41, 5.74) is 1.47. The molecule has 0 aliphatic heterocycles. The summed E-state index contributed by atoms with van der Waals surface area (Å²) in [6.07, 6.45) is 0. The van der Waals surface area contributed by atoms with Gasteiger partial charge < -0.3 is 14.0 Å². The average Bonchev–Trinajstić information content (AvgIpc) is 2.64. The number of ketones is 1. The van der Waals surface area contributed by atoms with Crippen molar-refractivity contribution in [1.82, 2.24) is 0 Å². The maximum absolute atomic E-state index is 13.0. The van der Waals surface area contributed by atoms with E-state index in [9.17, 15) is 13.8 Å². The first kappa shape index (κ1) is 20.8. The van der Waals surface area contributed by atoms with Crippen molar-refractivity contribution < 1.29 is 27.8 Å². The largest absolute Gasteiger partial charge is 0.494 e. The maximum Gasteiger partial charge on any atom is 0.321 e. The van der Waals surface area contributed by atoms with E-state index in [1.807, 2.05) is 6.92 Å². The number of carbonyl (C=O) groups excluding carboxylic acids is 2. The Kier molecular flexibility index (Phi) is 7.69. The second kappa shape index (κ2) is 9.99. The number of hydrogen-bond donors (Lipinski definition) is 1. The van der Waals surface area contributed by atoms with Gasteiger partial charge in [-0.3, -0.25) is 9.59 Å². The van der Waals surface area contributed by atoms with Gasteiger partial charge in [0.05, 0.1) is 19.0 Å². The number of ether oxygens (including phenoxy) is 2. The Labute approximate surface area is 160 Å². The third-order valence-electron chi connectivity index (χ3n) is 3.84. The number of Topliss-reactive ketones (excluding diaryl/α,β-unsaturated/α-hetero) is 1.